The van der Waals surface area contributed by atoms with Crippen LogP contribution in [0.1, 0.15) is 85.0 Å². The van der Waals surface area contributed by atoms with Crippen LogP contribution in [-0.2, 0) is 4.43 Å². The third kappa shape index (κ3) is 10.4. The summed E-state index contributed by atoms with van der Waals surface area (Å²) >= 11 is 0. The van der Waals surface area contributed by atoms with Crippen LogP contribution >= 0.6 is 0 Å². The minimum absolute atomic E-state index is 0.0403. The SMILES string of the molecule is C=CCCCCCN(CCCCCC=C)CCCCO[Si](c1ccccc1)(c1ccccc1)C(C)(C)C. The first kappa shape index (κ1) is 31.3. The van der Waals surface area contributed by atoms with Gasteiger partial charge in [-0.15, -0.1) is 13.2 Å². The van der Waals surface area contributed by atoms with Gasteiger partial charge in [0.15, 0.2) is 0 Å². The highest BCUT2D eigenvalue weighted by molar-refractivity contribution is 6.99. The number of hydrogen-bond acceptors (Lipinski definition) is 2. The Morgan fingerprint density at radius 1 is 0.649 bits per heavy atom. The quantitative estimate of drug-likeness (QED) is 0.0994. The summed E-state index contributed by atoms with van der Waals surface area (Å²) in [6.07, 6.45) is 16.4. The molecule has 3 heteroatoms. The third-order valence-corrected chi connectivity index (χ3v) is 12.4. The average Bonchev–Trinajstić information content (AvgIpc) is 2.90. The molecule has 0 heterocycles. The number of benzene rings is 2. The van der Waals surface area contributed by atoms with Crippen molar-refractivity contribution < 1.29 is 4.43 Å². The second-order valence-electron chi connectivity index (χ2n) is 11.3. The standard InChI is InChI=1S/C34H53NOSi/c1-6-8-10-12-20-28-35(29-21-13-11-9-7-2)30-22-23-31-36-37(34(3,4)5,32-24-16-14-17-25-32)33-26-18-15-19-27-33/h6-7,14-19,24-27H,1-2,8-13,20-23,28-31H2,3-5H3. The Balaban J connectivity index is 1.99. The van der Waals surface area contributed by atoms with E-state index in [0.717, 1.165) is 25.9 Å². The molecule has 0 unspecified atom stereocenters. The molecule has 0 spiro atoms. The lowest BCUT2D eigenvalue weighted by Gasteiger charge is -2.43. The van der Waals surface area contributed by atoms with Crippen LogP contribution in [0.25, 0.3) is 0 Å². The summed E-state index contributed by atoms with van der Waals surface area (Å²) in [6.45, 7) is 19.2. The molecule has 2 aromatic carbocycles. The Hall–Kier alpha value is -1.94. The Labute approximate surface area is 230 Å². The van der Waals surface area contributed by atoms with Gasteiger partial charge in [-0.2, -0.15) is 0 Å². The van der Waals surface area contributed by atoms with Crippen LogP contribution in [0.2, 0.25) is 5.04 Å². The van der Waals surface area contributed by atoms with Crippen LogP contribution in [0.5, 0.6) is 0 Å². The summed E-state index contributed by atoms with van der Waals surface area (Å²) in [5.41, 5.74) is 0. The molecule has 37 heavy (non-hydrogen) atoms. The second kappa shape index (κ2) is 17.5. The van der Waals surface area contributed by atoms with Crippen LogP contribution in [0.3, 0.4) is 0 Å². The van der Waals surface area contributed by atoms with Crippen LogP contribution in [-0.4, -0.2) is 39.5 Å². The van der Waals surface area contributed by atoms with Crippen molar-refractivity contribution in [3.8, 4) is 0 Å². The highest BCUT2D eigenvalue weighted by Gasteiger charge is 2.49. The first-order chi connectivity index (χ1) is 18.0. The molecule has 0 N–H and O–H groups in total. The molecule has 0 atom stereocenters. The summed E-state index contributed by atoms with van der Waals surface area (Å²) in [5.74, 6) is 0. The molecule has 0 aliphatic carbocycles. The van der Waals surface area contributed by atoms with Crippen LogP contribution < -0.4 is 10.4 Å². The van der Waals surface area contributed by atoms with Gasteiger partial charge >= 0.3 is 0 Å². The van der Waals surface area contributed by atoms with E-state index < -0.39 is 8.32 Å². The molecule has 2 rings (SSSR count). The van der Waals surface area contributed by atoms with Gasteiger partial charge in [-0.3, -0.25) is 0 Å². The van der Waals surface area contributed by atoms with E-state index in [1.165, 1.54) is 75.0 Å². The zero-order valence-corrected chi connectivity index (χ0v) is 25.1. The van der Waals surface area contributed by atoms with Crippen molar-refractivity contribution in [2.24, 2.45) is 0 Å². The molecule has 0 radical (unpaired) electrons. The summed E-state index contributed by atoms with van der Waals surface area (Å²) in [5, 5.41) is 2.78. The predicted octanol–water partition coefficient (Wildman–Crippen LogP) is 8.14. The molecule has 0 fully saturated rings. The molecule has 0 saturated heterocycles. The zero-order chi connectivity index (χ0) is 26.8. The molecule has 0 amide bonds. The lowest BCUT2D eigenvalue weighted by Crippen LogP contribution is -2.66. The lowest BCUT2D eigenvalue weighted by atomic mass is 10.1. The van der Waals surface area contributed by atoms with Gasteiger partial charge in [-0.25, -0.2) is 0 Å². The number of nitrogens with zero attached hydrogens (tertiary/aromatic N) is 1. The van der Waals surface area contributed by atoms with Gasteiger partial charge in [0.1, 0.15) is 0 Å². The molecule has 0 saturated carbocycles. The van der Waals surface area contributed by atoms with Gasteiger partial charge < -0.3 is 9.33 Å². The highest BCUT2D eigenvalue weighted by atomic mass is 28.4. The molecular weight excluding hydrogens is 466 g/mol. The zero-order valence-electron chi connectivity index (χ0n) is 24.1. The maximum Gasteiger partial charge on any atom is 0.261 e. The van der Waals surface area contributed by atoms with E-state index in [9.17, 15) is 0 Å². The minimum atomic E-state index is -2.42. The van der Waals surface area contributed by atoms with E-state index in [4.69, 9.17) is 4.43 Å². The van der Waals surface area contributed by atoms with Crippen molar-refractivity contribution in [2.45, 2.75) is 90.0 Å². The van der Waals surface area contributed by atoms with Crippen molar-refractivity contribution in [1.82, 2.24) is 4.90 Å². The van der Waals surface area contributed by atoms with E-state index in [1.807, 2.05) is 12.2 Å². The van der Waals surface area contributed by atoms with Crippen LogP contribution in [0, 0.1) is 0 Å². The molecule has 0 aliphatic heterocycles. The fourth-order valence-corrected chi connectivity index (χ4v) is 9.97. The van der Waals surface area contributed by atoms with E-state index in [-0.39, 0.29) is 5.04 Å². The Morgan fingerprint density at radius 3 is 1.49 bits per heavy atom. The Morgan fingerprint density at radius 2 is 1.08 bits per heavy atom. The molecule has 0 bridgehead atoms. The smallest absolute Gasteiger partial charge is 0.261 e. The summed E-state index contributed by atoms with van der Waals surface area (Å²) < 4.78 is 7.10. The topological polar surface area (TPSA) is 12.5 Å². The van der Waals surface area contributed by atoms with Crippen molar-refractivity contribution in [3.63, 3.8) is 0 Å². The summed E-state index contributed by atoms with van der Waals surface area (Å²) in [4.78, 5) is 2.70. The van der Waals surface area contributed by atoms with Gasteiger partial charge in [0.2, 0.25) is 0 Å². The monoisotopic (exact) mass is 519 g/mol. The van der Waals surface area contributed by atoms with E-state index in [0.29, 0.717) is 0 Å². The van der Waals surface area contributed by atoms with E-state index >= 15 is 0 Å². The van der Waals surface area contributed by atoms with Crippen molar-refractivity contribution in [1.29, 1.82) is 0 Å². The maximum atomic E-state index is 7.10. The minimum Gasteiger partial charge on any atom is -0.407 e. The third-order valence-electron chi connectivity index (χ3n) is 7.37. The van der Waals surface area contributed by atoms with Crippen LogP contribution in [0.4, 0.5) is 0 Å². The lowest BCUT2D eigenvalue weighted by molar-refractivity contribution is 0.237. The Bertz CT molecular complexity index is 801. The molecule has 2 nitrogen and oxygen atoms in total. The highest BCUT2D eigenvalue weighted by Crippen LogP contribution is 2.36. The van der Waals surface area contributed by atoms with Gasteiger partial charge in [-0.05, 0) is 86.4 Å². The number of allylic oxidation sites excluding steroid dienone is 2. The van der Waals surface area contributed by atoms with E-state index in [2.05, 4.69) is 99.5 Å². The number of unbranched alkanes of at least 4 members (excludes halogenated alkanes) is 7. The van der Waals surface area contributed by atoms with Gasteiger partial charge in [0.05, 0.1) is 0 Å². The molecule has 0 aliphatic rings. The summed E-state index contributed by atoms with van der Waals surface area (Å²) in [7, 11) is -2.42. The second-order valence-corrected chi connectivity index (χ2v) is 15.6. The average molecular weight is 520 g/mol. The molecule has 2 aromatic rings. The molecular formula is C34H53NOSi. The summed E-state index contributed by atoms with van der Waals surface area (Å²) in [6, 6.07) is 22.0. The Kier molecular flexibility index (Phi) is 14.8. The van der Waals surface area contributed by atoms with Gasteiger partial charge in [0.25, 0.3) is 8.32 Å². The maximum absolute atomic E-state index is 7.10. The van der Waals surface area contributed by atoms with Gasteiger partial charge in [-0.1, -0.05) is 106 Å². The predicted molar refractivity (Wildman–Crippen MR) is 167 cm³/mol. The van der Waals surface area contributed by atoms with Crippen LogP contribution in [0.15, 0.2) is 86.0 Å². The van der Waals surface area contributed by atoms with Crippen molar-refractivity contribution in [2.75, 3.05) is 26.2 Å². The van der Waals surface area contributed by atoms with Crippen molar-refractivity contribution >= 4 is 18.7 Å². The fourth-order valence-electron chi connectivity index (χ4n) is 5.36. The molecule has 0 aromatic heterocycles. The largest absolute Gasteiger partial charge is 0.407 e. The van der Waals surface area contributed by atoms with E-state index in [1.54, 1.807) is 0 Å². The van der Waals surface area contributed by atoms with Gasteiger partial charge in [0, 0.05) is 6.61 Å². The fraction of sp³-hybridized carbons (Fsp3) is 0.529. The first-order valence-corrected chi connectivity index (χ1v) is 16.6. The van der Waals surface area contributed by atoms with Crippen molar-refractivity contribution in [3.05, 3.63) is 86.0 Å². The number of hydrogen-bond donors (Lipinski definition) is 0. The normalized spacial score (nSPS) is 12.1. The number of rotatable bonds is 20. The molecule has 204 valence electrons. The first-order valence-electron chi connectivity index (χ1n) is 14.6.